The summed E-state index contributed by atoms with van der Waals surface area (Å²) >= 11 is 0. The van der Waals surface area contributed by atoms with Crippen LogP contribution in [0.25, 0.3) is 0 Å². The standard InChI is InChI=1S/C35H45FN2O5/c1-39-19-5-22-42-34-23-27(9-14-33(34)38-17-2-3-18-38)26-43-35-25-37-16-15-32(35)28-10-12-30(13-11-28)40-20-6-21-41-31-8-4-7-29(36)24-31/h4,7-14,23-24,32,35,37H,2-3,5-6,15-22,25-26H2,1H3/t32-,35+/m1/s1. The minimum absolute atomic E-state index is 0.0739. The Balaban J connectivity index is 1.12. The number of benzene rings is 3. The molecule has 2 aliphatic rings. The topological polar surface area (TPSA) is 61.4 Å². The van der Waals surface area contributed by atoms with Crippen molar-refractivity contribution in [2.75, 3.05) is 64.6 Å². The molecule has 7 nitrogen and oxygen atoms in total. The highest BCUT2D eigenvalue weighted by molar-refractivity contribution is 5.60. The maximum atomic E-state index is 13.3. The third-order valence-corrected chi connectivity index (χ3v) is 8.04. The third kappa shape index (κ3) is 9.33. The van der Waals surface area contributed by atoms with E-state index in [1.165, 1.54) is 36.2 Å². The Kier molecular flexibility index (Phi) is 11.9. The number of ether oxygens (including phenoxy) is 5. The van der Waals surface area contributed by atoms with Crippen molar-refractivity contribution >= 4 is 5.69 Å². The summed E-state index contributed by atoms with van der Waals surface area (Å²) in [5, 5.41) is 3.51. The van der Waals surface area contributed by atoms with E-state index in [1.54, 1.807) is 19.2 Å². The number of piperidine rings is 1. The molecule has 2 fully saturated rings. The molecule has 0 aromatic heterocycles. The van der Waals surface area contributed by atoms with Crippen molar-refractivity contribution in [2.24, 2.45) is 0 Å². The molecular formula is C35H45FN2O5. The van der Waals surface area contributed by atoms with Crippen LogP contribution in [0.15, 0.2) is 66.7 Å². The van der Waals surface area contributed by atoms with Crippen molar-refractivity contribution in [3.05, 3.63) is 83.7 Å². The number of methoxy groups -OCH3 is 1. The first-order valence-corrected chi connectivity index (χ1v) is 15.6. The maximum absolute atomic E-state index is 13.3. The van der Waals surface area contributed by atoms with Crippen molar-refractivity contribution in [2.45, 2.75) is 50.7 Å². The van der Waals surface area contributed by atoms with Crippen molar-refractivity contribution < 1.29 is 28.1 Å². The Bertz CT molecular complexity index is 1250. The van der Waals surface area contributed by atoms with Gasteiger partial charge >= 0.3 is 0 Å². The molecule has 3 aromatic carbocycles. The minimum atomic E-state index is -0.296. The van der Waals surface area contributed by atoms with Crippen LogP contribution in [0.3, 0.4) is 0 Å². The van der Waals surface area contributed by atoms with Gasteiger partial charge in [-0.3, -0.25) is 0 Å². The smallest absolute Gasteiger partial charge is 0.142 e. The number of nitrogens with one attached hydrogen (secondary N) is 1. The molecule has 5 rings (SSSR count). The first-order chi connectivity index (χ1) is 21.2. The van der Waals surface area contributed by atoms with Crippen LogP contribution in [-0.2, 0) is 16.1 Å². The molecule has 2 aliphatic heterocycles. The Morgan fingerprint density at radius 1 is 0.837 bits per heavy atom. The Hall–Kier alpha value is -3.33. The number of anilines is 1. The predicted octanol–water partition coefficient (Wildman–Crippen LogP) is 6.35. The zero-order valence-electron chi connectivity index (χ0n) is 25.3. The first-order valence-electron chi connectivity index (χ1n) is 15.6. The summed E-state index contributed by atoms with van der Waals surface area (Å²) in [7, 11) is 1.72. The summed E-state index contributed by atoms with van der Waals surface area (Å²) in [4.78, 5) is 2.42. The summed E-state index contributed by atoms with van der Waals surface area (Å²) in [5.41, 5.74) is 3.57. The normalized spacial score (nSPS) is 18.5. The Morgan fingerprint density at radius 3 is 2.40 bits per heavy atom. The lowest BCUT2D eigenvalue weighted by Gasteiger charge is -2.32. The van der Waals surface area contributed by atoms with Crippen LogP contribution in [0, 0.1) is 5.82 Å². The van der Waals surface area contributed by atoms with Crippen molar-refractivity contribution in [1.82, 2.24) is 5.32 Å². The van der Waals surface area contributed by atoms with E-state index >= 15 is 0 Å². The molecule has 2 saturated heterocycles. The second kappa shape index (κ2) is 16.5. The monoisotopic (exact) mass is 592 g/mol. The van der Waals surface area contributed by atoms with Crippen LogP contribution >= 0.6 is 0 Å². The van der Waals surface area contributed by atoms with E-state index in [2.05, 4.69) is 40.5 Å². The minimum Gasteiger partial charge on any atom is -0.493 e. The van der Waals surface area contributed by atoms with Crippen LogP contribution in [0.4, 0.5) is 10.1 Å². The fourth-order valence-corrected chi connectivity index (χ4v) is 5.77. The van der Waals surface area contributed by atoms with E-state index in [0.29, 0.717) is 51.1 Å². The highest BCUT2D eigenvalue weighted by Crippen LogP contribution is 2.34. The summed E-state index contributed by atoms with van der Waals surface area (Å²) < 4.78 is 42.8. The number of nitrogens with zero attached hydrogens (tertiary/aromatic N) is 1. The Labute approximate surface area is 255 Å². The molecule has 2 atom stereocenters. The Morgan fingerprint density at radius 2 is 1.60 bits per heavy atom. The lowest BCUT2D eigenvalue weighted by Crippen LogP contribution is -2.40. The molecule has 232 valence electrons. The molecule has 0 spiro atoms. The van der Waals surface area contributed by atoms with Crippen LogP contribution in [0.2, 0.25) is 0 Å². The summed E-state index contributed by atoms with van der Waals surface area (Å²) in [5.74, 6) is 2.32. The first kappa shape index (κ1) is 31.1. The van der Waals surface area contributed by atoms with Gasteiger partial charge in [0.1, 0.15) is 23.1 Å². The summed E-state index contributed by atoms with van der Waals surface area (Å²) in [6.07, 6.45) is 5.12. The second-order valence-corrected chi connectivity index (χ2v) is 11.2. The molecule has 0 unspecified atom stereocenters. The molecule has 43 heavy (non-hydrogen) atoms. The van der Waals surface area contributed by atoms with Crippen LogP contribution in [0.1, 0.15) is 49.1 Å². The van der Waals surface area contributed by atoms with E-state index in [-0.39, 0.29) is 11.9 Å². The number of halogens is 1. The molecule has 0 saturated carbocycles. The third-order valence-electron chi connectivity index (χ3n) is 8.04. The van der Waals surface area contributed by atoms with Crippen molar-refractivity contribution in [3.8, 4) is 17.2 Å². The maximum Gasteiger partial charge on any atom is 0.142 e. The van der Waals surface area contributed by atoms with Gasteiger partial charge < -0.3 is 33.9 Å². The summed E-state index contributed by atoms with van der Waals surface area (Å²) in [6.45, 7) is 6.81. The average molecular weight is 593 g/mol. The van der Waals surface area contributed by atoms with Gasteiger partial charge in [-0.2, -0.15) is 0 Å². The van der Waals surface area contributed by atoms with Gasteiger partial charge in [0.05, 0.1) is 38.2 Å². The summed E-state index contributed by atoms with van der Waals surface area (Å²) in [6, 6.07) is 21.1. The van der Waals surface area contributed by atoms with Crippen LogP contribution in [-0.4, -0.2) is 65.8 Å². The zero-order chi connectivity index (χ0) is 29.7. The van der Waals surface area contributed by atoms with E-state index in [4.69, 9.17) is 23.7 Å². The zero-order valence-corrected chi connectivity index (χ0v) is 25.3. The lowest BCUT2D eigenvalue weighted by molar-refractivity contribution is 0.0105. The van der Waals surface area contributed by atoms with E-state index in [0.717, 1.165) is 56.1 Å². The van der Waals surface area contributed by atoms with Crippen molar-refractivity contribution in [1.29, 1.82) is 0 Å². The molecule has 0 radical (unpaired) electrons. The van der Waals surface area contributed by atoms with Gasteiger partial charge in [-0.1, -0.05) is 24.3 Å². The fraction of sp³-hybridized carbons (Fsp3) is 0.486. The number of hydrogen-bond acceptors (Lipinski definition) is 7. The highest BCUT2D eigenvalue weighted by atomic mass is 19.1. The van der Waals surface area contributed by atoms with E-state index in [9.17, 15) is 4.39 Å². The molecule has 0 bridgehead atoms. The van der Waals surface area contributed by atoms with Crippen LogP contribution < -0.4 is 24.4 Å². The molecule has 0 amide bonds. The average Bonchev–Trinajstić information content (AvgIpc) is 3.58. The molecular weight excluding hydrogens is 547 g/mol. The van der Waals surface area contributed by atoms with Gasteiger partial charge in [-0.25, -0.2) is 4.39 Å². The van der Waals surface area contributed by atoms with Crippen molar-refractivity contribution in [3.63, 3.8) is 0 Å². The number of rotatable bonds is 16. The van der Waals surface area contributed by atoms with Gasteiger partial charge in [0.2, 0.25) is 0 Å². The van der Waals surface area contributed by atoms with E-state index in [1.807, 2.05) is 12.1 Å². The van der Waals surface area contributed by atoms with Gasteiger partial charge in [0.25, 0.3) is 0 Å². The lowest BCUT2D eigenvalue weighted by atomic mass is 9.87. The largest absolute Gasteiger partial charge is 0.493 e. The van der Waals surface area contributed by atoms with Gasteiger partial charge in [-0.05, 0) is 73.3 Å². The number of hydrogen-bond donors (Lipinski definition) is 1. The molecule has 0 aliphatic carbocycles. The molecule has 8 heteroatoms. The second-order valence-electron chi connectivity index (χ2n) is 11.2. The quantitative estimate of drug-likeness (QED) is 0.195. The molecule has 3 aromatic rings. The van der Waals surface area contributed by atoms with Crippen LogP contribution in [0.5, 0.6) is 17.2 Å². The van der Waals surface area contributed by atoms with Gasteiger partial charge in [0.15, 0.2) is 0 Å². The van der Waals surface area contributed by atoms with E-state index < -0.39 is 0 Å². The fourth-order valence-electron chi connectivity index (χ4n) is 5.77. The SMILES string of the molecule is COCCCOc1cc(CO[C@H]2CNCC[C@@H]2c2ccc(OCCCOc3cccc(F)c3)cc2)ccc1N1CCCC1. The molecule has 1 N–H and O–H groups in total. The highest BCUT2D eigenvalue weighted by Gasteiger charge is 2.27. The molecule has 2 heterocycles. The predicted molar refractivity (Wildman–Crippen MR) is 167 cm³/mol. The van der Waals surface area contributed by atoms with Gasteiger partial charge in [-0.15, -0.1) is 0 Å². The van der Waals surface area contributed by atoms with Gasteiger partial charge in [0, 0.05) is 58.2 Å².